The molecule has 0 aliphatic carbocycles. The highest BCUT2D eigenvalue weighted by Gasteiger charge is 2.24. The van der Waals surface area contributed by atoms with Crippen molar-refractivity contribution in [3.63, 3.8) is 0 Å². The number of rotatable bonds is 13. The molecule has 0 radical (unpaired) electrons. The first-order valence-electron chi connectivity index (χ1n) is 10.1. The van der Waals surface area contributed by atoms with Gasteiger partial charge in [0.1, 0.15) is 0 Å². The van der Waals surface area contributed by atoms with Gasteiger partial charge >= 0.3 is 0 Å². The highest BCUT2D eigenvalue weighted by atomic mass is 32.2. The minimum absolute atomic E-state index is 0.0571. The first kappa shape index (κ1) is 24.4. The molecule has 0 bridgehead atoms. The Bertz CT molecular complexity index is 672. The Morgan fingerprint density at radius 3 is 2.29 bits per heavy atom. The molecule has 0 fully saturated rings. The monoisotopic (exact) mass is 412 g/mol. The van der Waals surface area contributed by atoms with Gasteiger partial charge in [-0.05, 0) is 25.3 Å². The molecule has 8 heteroatoms. The largest absolute Gasteiger partial charge is 0.388 e. The van der Waals surface area contributed by atoms with E-state index in [2.05, 4.69) is 20.3 Å². The number of nitrogens with zero attached hydrogens (tertiary/aromatic N) is 1. The Balaban J connectivity index is 2.54. The molecule has 1 aromatic carbocycles. The third-order valence-corrected chi connectivity index (χ3v) is 5.63. The zero-order chi connectivity index (χ0) is 20.9. The molecule has 0 spiro atoms. The molecule has 0 heterocycles. The van der Waals surface area contributed by atoms with Crippen LogP contribution in [0, 0.1) is 0 Å². The third-order valence-electron chi connectivity index (χ3n) is 4.31. The molecule has 4 N–H and O–H groups in total. The Labute approximate surface area is 170 Å². The maximum absolute atomic E-state index is 12.2. The van der Waals surface area contributed by atoms with E-state index in [9.17, 15) is 13.5 Å². The molecule has 7 nitrogen and oxygen atoms in total. The maximum Gasteiger partial charge on any atom is 0.213 e. The fraction of sp³-hybridized carbons (Fsp3) is 0.650. The van der Waals surface area contributed by atoms with Crippen LogP contribution in [-0.2, 0) is 16.6 Å². The van der Waals surface area contributed by atoms with E-state index in [0.29, 0.717) is 31.9 Å². The van der Waals surface area contributed by atoms with Crippen LogP contribution in [0.15, 0.2) is 35.3 Å². The van der Waals surface area contributed by atoms with Gasteiger partial charge in [-0.15, -0.1) is 0 Å². The van der Waals surface area contributed by atoms with E-state index in [4.69, 9.17) is 0 Å². The van der Waals surface area contributed by atoms with E-state index in [1.807, 2.05) is 51.1 Å². The summed E-state index contributed by atoms with van der Waals surface area (Å²) < 4.78 is 27.0. The van der Waals surface area contributed by atoms with Crippen LogP contribution < -0.4 is 15.4 Å². The first-order chi connectivity index (χ1) is 13.3. The van der Waals surface area contributed by atoms with Crippen molar-refractivity contribution in [3.8, 4) is 0 Å². The fourth-order valence-corrected chi connectivity index (χ4v) is 3.85. The summed E-state index contributed by atoms with van der Waals surface area (Å²) in [6, 6.07) is 9.41. The van der Waals surface area contributed by atoms with Gasteiger partial charge in [0.05, 0.1) is 17.9 Å². The molecular formula is C20H36N4O3S. The summed E-state index contributed by atoms with van der Waals surface area (Å²) in [4.78, 5) is 4.47. The summed E-state index contributed by atoms with van der Waals surface area (Å²) in [5.74, 6) is 0.463. The zero-order valence-corrected chi connectivity index (χ0v) is 18.2. The topological polar surface area (TPSA) is 103 Å². The molecular weight excluding hydrogens is 376 g/mol. The SMILES string of the molecule is CCCC(O)(CCC)CN=C(NCC)NCCS(=O)(=O)NCc1ccccc1. The van der Waals surface area contributed by atoms with Gasteiger partial charge in [-0.25, -0.2) is 13.1 Å². The van der Waals surface area contributed by atoms with Crippen LogP contribution in [0.3, 0.4) is 0 Å². The van der Waals surface area contributed by atoms with E-state index in [1.165, 1.54) is 0 Å². The molecule has 0 unspecified atom stereocenters. The van der Waals surface area contributed by atoms with Crippen LogP contribution in [-0.4, -0.2) is 50.5 Å². The maximum atomic E-state index is 12.2. The van der Waals surface area contributed by atoms with Gasteiger partial charge in [0.25, 0.3) is 0 Å². The van der Waals surface area contributed by atoms with E-state index >= 15 is 0 Å². The standard InChI is InChI=1S/C20H36N4O3S/c1-4-12-20(25,13-5-2)17-23-19(21-6-3)22-14-15-28(26,27)24-16-18-10-8-7-9-11-18/h7-11,24-25H,4-6,12-17H2,1-3H3,(H2,21,22,23). The molecule has 0 atom stereocenters. The third kappa shape index (κ3) is 10.1. The van der Waals surface area contributed by atoms with Gasteiger partial charge in [-0.2, -0.15) is 0 Å². The molecule has 160 valence electrons. The summed E-state index contributed by atoms with van der Waals surface area (Å²) in [5, 5.41) is 16.8. The van der Waals surface area contributed by atoms with Crippen molar-refractivity contribution >= 4 is 16.0 Å². The Morgan fingerprint density at radius 2 is 1.71 bits per heavy atom. The number of sulfonamides is 1. The zero-order valence-electron chi connectivity index (χ0n) is 17.4. The van der Waals surface area contributed by atoms with Gasteiger partial charge < -0.3 is 15.7 Å². The smallest absolute Gasteiger partial charge is 0.213 e. The van der Waals surface area contributed by atoms with Gasteiger partial charge in [-0.3, -0.25) is 4.99 Å². The average molecular weight is 413 g/mol. The lowest BCUT2D eigenvalue weighted by molar-refractivity contribution is 0.0306. The minimum atomic E-state index is -3.40. The number of nitrogens with one attached hydrogen (secondary N) is 3. The second-order valence-electron chi connectivity index (χ2n) is 6.97. The second-order valence-corrected chi connectivity index (χ2v) is 8.90. The van der Waals surface area contributed by atoms with E-state index in [-0.39, 0.29) is 18.8 Å². The van der Waals surface area contributed by atoms with Crippen molar-refractivity contribution in [2.75, 3.05) is 25.4 Å². The van der Waals surface area contributed by atoms with E-state index in [1.54, 1.807) is 0 Å². The first-order valence-corrected chi connectivity index (χ1v) is 11.7. The predicted octanol–water partition coefficient (Wildman–Crippen LogP) is 1.99. The number of benzene rings is 1. The summed E-state index contributed by atoms with van der Waals surface area (Å²) in [7, 11) is -3.40. The highest BCUT2D eigenvalue weighted by molar-refractivity contribution is 7.89. The average Bonchev–Trinajstić information content (AvgIpc) is 2.66. The Hall–Kier alpha value is -1.64. The summed E-state index contributed by atoms with van der Waals surface area (Å²) in [5.41, 5.74) is 0.106. The van der Waals surface area contributed by atoms with Crippen molar-refractivity contribution in [2.24, 2.45) is 4.99 Å². The highest BCUT2D eigenvalue weighted by Crippen LogP contribution is 2.19. The van der Waals surface area contributed by atoms with Crippen molar-refractivity contribution in [3.05, 3.63) is 35.9 Å². The van der Waals surface area contributed by atoms with E-state index in [0.717, 1.165) is 18.4 Å². The van der Waals surface area contributed by atoms with Crippen molar-refractivity contribution in [1.82, 2.24) is 15.4 Å². The van der Waals surface area contributed by atoms with Crippen LogP contribution in [0.25, 0.3) is 0 Å². The quantitative estimate of drug-likeness (QED) is 0.293. The Morgan fingerprint density at radius 1 is 1.07 bits per heavy atom. The van der Waals surface area contributed by atoms with Gasteiger partial charge in [0.15, 0.2) is 5.96 Å². The second kappa shape index (κ2) is 12.7. The van der Waals surface area contributed by atoms with Crippen molar-refractivity contribution < 1.29 is 13.5 Å². The lowest BCUT2D eigenvalue weighted by atomic mass is 9.93. The number of hydrogen-bond acceptors (Lipinski definition) is 4. The van der Waals surface area contributed by atoms with Crippen LogP contribution in [0.4, 0.5) is 0 Å². The normalized spacial score (nSPS) is 12.8. The molecule has 0 saturated carbocycles. The van der Waals surface area contributed by atoms with Crippen LogP contribution in [0.1, 0.15) is 52.0 Å². The number of guanidine groups is 1. The molecule has 28 heavy (non-hydrogen) atoms. The summed E-state index contributed by atoms with van der Waals surface area (Å²) in [6.45, 7) is 7.49. The number of hydrogen-bond donors (Lipinski definition) is 4. The summed E-state index contributed by atoms with van der Waals surface area (Å²) in [6.07, 6.45) is 3.17. The molecule has 0 aromatic heterocycles. The van der Waals surface area contributed by atoms with Crippen LogP contribution in [0.5, 0.6) is 0 Å². The minimum Gasteiger partial charge on any atom is -0.388 e. The Kier molecular flexibility index (Phi) is 11.1. The number of aliphatic imine (C=N–C) groups is 1. The molecule has 0 aliphatic rings. The predicted molar refractivity (Wildman–Crippen MR) is 116 cm³/mol. The molecule has 0 amide bonds. The number of aliphatic hydroxyl groups is 1. The molecule has 1 rings (SSSR count). The van der Waals surface area contributed by atoms with E-state index < -0.39 is 15.6 Å². The lowest BCUT2D eigenvalue weighted by Gasteiger charge is -2.26. The molecule has 0 saturated heterocycles. The molecule has 0 aliphatic heterocycles. The molecule has 1 aromatic rings. The van der Waals surface area contributed by atoms with Crippen molar-refractivity contribution in [1.29, 1.82) is 0 Å². The lowest BCUT2D eigenvalue weighted by Crippen LogP contribution is -2.42. The summed E-state index contributed by atoms with van der Waals surface area (Å²) >= 11 is 0. The van der Waals surface area contributed by atoms with Crippen molar-refractivity contribution in [2.45, 2.75) is 58.6 Å². The van der Waals surface area contributed by atoms with Gasteiger partial charge in [0.2, 0.25) is 10.0 Å². The van der Waals surface area contributed by atoms with Crippen LogP contribution in [0.2, 0.25) is 0 Å². The van der Waals surface area contributed by atoms with Gasteiger partial charge in [-0.1, -0.05) is 57.0 Å². The van der Waals surface area contributed by atoms with Crippen LogP contribution >= 0.6 is 0 Å². The fourth-order valence-electron chi connectivity index (χ4n) is 2.95. The van der Waals surface area contributed by atoms with Gasteiger partial charge in [0, 0.05) is 19.6 Å².